The molecule has 0 atom stereocenters. The van der Waals surface area contributed by atoms with Crippen LogP contribution in [0.5, 0.6) is 0 Å². The van der Waals surface area contributed by atoms with E-state index in [0.717, 1.165) is 45.0 Å². The van der Waals surface area contributed by atoms with E-state index in [0.29, 0.717) is 13.1 Å². The van der Waals surface area contributed by atoms with Crippen LogP contribution in [0.25, 0.3) is 6.08 Å². The standard InChI is InChI=1S/C20H30N4O2S/c1-21-20(22-9-12-23-13-15-27(25,26)16-14-23)24-10-7-19(8-11-24)17-18-5-3-2-4-6-18/h2-6,17H,7-16H2,1H3,(H,21,22). The van der Waals surface area contributed by atoms with E-state index in [-0.39, 0.29) is 11.5 Å². The van der Waals surface area contributed by atoms with Crippen molar-refractivity contribution >= 4 is 21.9 Å². The number of nitrogens with one attached hydrogen (secondary N) is 1. The highest BCUT2D eigenvalue weighted by Crippen LogP contribution is 2.19. The molecule has 0 radical (unpaired) electrons. The Kier molecular flexibility index (Phi) is 6.90. The molecule has 0 spiro atoms. The van der Waals surface area contributed by atoms with Crippen LogP contribution >= 0.6 is 0 Å². The summed E-state index contributed by atoms with van der Waals surface area (Å²) in [6.07, 6.45) is 4.41. The lowest BCUT2D eigenvalue weighted by atomic mass is 10.0. The van der Waals surface area contributed by atoms with Gasteiger partial charge < -0.3 is 10.2 Å². The number of aliphatic imine (C=N–C) groups is 1. The van der Waals surface area contributed by atoms with E-state index in [1.165, 1.54) is 11.1 Å². The molecule has 0 aromatic heterocycles. The fourth-order valence-electron chi connectivity index (χ4n) is 3.57. The Morgan fingerprint density at radius 1 is 1.11 bits per heavy atom. The van der Waals surface area contributed by atoms with Crippen LogP contribution in [-0.4, -0.2) is 82.0 Å². The normalized spacial score (nSPS) is 21.1. The first kappa shape index (κ1) is 19.9. The fourth-order valence-corrected chi connectivity index (χ4v) is 4.84. The van der Waals surface area contributed by atoms with Crippen molar-refractivity contribution in [2.45, 2.75) is 12.8 Å². The van der Waals surface area contributed by atoms with Gasteiger partial charge in [0.05, 0.1) is 11.5 Å². The van der Waals surface area contributed by atoms with Crippen molar-refractivity contribution in [2.24, 2.45) is 4.99 Å². The van der Waals surface area contributed by atoms with Crippen LogP contribution in [-0.2, 0) is 9.84 Å². The van der Waals surface area contributed by atoms with Gasteiger partial charge in [-0.3, -0.25) is 9.89 Å². The third-order valence-electron chi connectivity index (χ3n) is 5.24. The third kappa shape index (κ3) is 6.07. The molecule has 0 saturated carbocycles. The molecule has 1 N–H and O–H groups in total. The summed E-state index contributed by atoms with van der Waals surface area (Å²) in [5.41, 5.74) is 2.76. The van der Waals surface area contributed by atoms with Gasteiger partial charge in [0.2, 0.25) is 0 Å². The first-order valence-corrected chi connectivity index (χ1v) is 11.5. The first-order valence-electron chi connectivity index (χ1n) is 9.68. The van der Waals surface area contributed by atoms with Crippen molar-refractivity contribution in [1.29, 1.82) is 0 Å². The van der Waals surface area contributed by atoms with Gasteiger partial charge >= 0.3 is 0 Å². The number of sulfone groups is 1. The predicted molar refractivity (Wildman–Crippen MR) is 112 cm³/mol. The Hall–Kier alpha value is -1.86. The Morgan fingerprint density at radius 2 is 1.78 bits per heavy atom. The number of piperidine rings is 1. The summed E-state index contributed by atoms with van der Waals surface area (Å²) in [5, 5.41) is 3.44. The van der Waals surface area contributed by atoms with E-state index in [4.69, 9.17) is 0 Å². The molecular formula is C20H30N4O2S. The number of likely N-dealkylation sites (tertiary alicyclic amines) is 1. The minimum absolute atomic E-state index is 0.282. The minimum atomic E-state index is -2.81. The second-order valence-corrected chi connectivity index (χ2v) is 9.47. The number of rotatable bonds is 4. The lowest BCUT2D eigenvalue weighted by Crippen LogP contribution is -2.48. The van der Waals surface area contributed by atoms with Crippen LogP contribution in [0, 0.1) is 0 Å². The average Bonchev–Trinajstić information content (AvgIpc) is 2.68. The third-order valence-corrected chi connectivity index (χ3v) is 6.84. The van der Waals surface area contributed by atoms with Gasteiger partial charge in [0.15, 0.2) is 15.8 Å². The molecular weight excluding hydrogens is 360 g/mol. The SMILES string of the molecule is CN=C(NCCN1CCS(=O)(=O)CC1)N1CCC(=Cc2ccccc2)CC1. The summed E-state index contributed by atoms with van der Waals surface area (Å²) in [7, 11) is -0.982. The summed E-state index contributed by atoms with van der Waals surface area (Å²) in [6.45, 7) is 4.86. The van der Waals surface area contributed by atoms with Crippen LogP contribution in [0.4, 0.5) is 0 Å². The van der Waals surface area contributed by atoms with Crippen molar-refractivity contribution < 1.29 is 8.42 Å². The fraction of sp³-hybridized carbons (Fsp3) is 0.550. The maximum absolute atomic E-state index is 11.5. The van der Waals surface area contributed by atoms with E-state index in [1.807, 2.05) is 13.1 Å². The molecule has 0 aliphatic carbocycles. The molecule has 1 aromatic rings. The molecule has 2 heterocycles. The lowest BCUT2D eigenvalue weighted by molar-refractivity contribution is 0.296. The van der Waals surface area contributed by atoms with Crippen LogP contribution < -0.4 is 5.32 Å². The van der Waals surface area contributed by atoms with Gasteiger partial charge in [0.1, 0.15) is 0 Å². The van der Waals surface area contributed by atoms with Crippen molar-refractivity contribution in [3.63, 3.8) is 0 Å². The molecule has 0 amide bonds. The van der Waals surface area contributed by atoms with Crippen molar-refractivity contribution in [2.75, 3.05) is 57.8 Å². The van der Waals surface area contributed by atoms with Gasteiger partial charge in [-0.2, -0.15) is 0 Å². The molecule has 27 heavy (non-hydrogen) atoms. The van der Waals surface area contributed by atoms with Crippen LogP contribution in [0.15, 0.2) is 40.9 Å². The Balaban J connectivity index is 1.42. The van der Waals surface area contributed by atoms with Gasteiger partial charge in [0, 0.05) is 46.3 Å². The molecule has 7 heteroatoms. The Labute approximate surface area is 162 Å². The number of guanidine groups is 1. The van der Waals surface area contributed by atoms with Crippen molar-refractivity contribution in [1.82, 2.24) is 15.1 Å². The Morgan fingerprint density at radius 3 is 2.41 bits per heavy atom. The highest BCUT2D eigenvalue weighted by atomic mass is 32.2. The Bertz CT molecular complexity index is 750. The zero-order valence-electron chi connectivity index (χ0n) is 16.1. The molecule has 0 unspecified atom stereocenters. The molecule has 2 aliphatic rings. The molecule has 2 fully saturated rings. The molecule has 3 rings (SSSR count). The van der Waals surface area contributed by atoms with E-state index in [9.17, 15) is 8.42 Å². The first-order chi connectivity index (χ1) is 13.1. The minimum Gasteiger partial charge on any atom is -0.355 e. The van der Waals surface area contributed by atoms with Gasteiger partial charge in [0.25, 0.3) is 0 Å². The zero-order valence-corrected chi connectivity index (χ0v) is 16.9. The van der Waals surface area contributed by atoms with E-state index in [1.54, 1.807) is 0 Å². The van der Waals surface area contributed by atoms with Crippen LogP contribution in [0.2, 0.25) is 0 Å². The summed E-state index contributed by atoms with van der Waals surface area (Å²) in [6, 6.07) is 10.5. The zero-order chi connectivity index (χ0) is 19.1. The van der Waals surface area contributed by atoms with Gasteiger partial charge in [-0.25, -0.2) is 8.42 Å². The molecule has 6 nitrogen and oxygen atoms in total. The largest absolute Gasteiger partial charge is 0.355 e. The van der Waals surface area contributed by atoms with E-state index >= 15 is 0 Å². The summed E-state index contributed by atoms with van der Waals surface area (Å²) in [4.78, 5) is 8.94. The predicted octanol–water partition coefficient (Wildman–Crippen LogP) is 1.47. The highest BCUT2D eigenvalue weighted by Gasteiger charge is 2.21. The topological polar surface area (TPSA) is 65.0 Å². The van der Waals surface area contributed by atoms with Crippen molar-refractivity contribution in [3.05, 3.63) is 41.5 Å². The monoisotopic (exact) mass is 390 g/mol. The van der Waals surface area contributed by atoms with E-state index < -0.39 is 9.84 Å². The maximum Gasteiger partial charge on any atom is 0.193 e. The second-order valence-electron chi connectivity index (χ2n) is 7.17. The maximum atomic E-state index is 11.5. The molecule has 1 aromatic carbocycles. The second kappa shape index (κ2) is 9.37. The number of hydrogen-bond acceptors (Lipinski definition) is 4. The smallest absolute Gasteiger partial charge is 0.193 e. The lowest BCUT2D eigenvalue weighted by Gasteiger charge is -2.32. The average molecular weight is 391 g/mol. The quantitative estimate of drug-likeness (QED) is 0.623. The van der Waals surface area contributed by atoms with Gasteiger partial charge in [-0.1, -0.05) is 42.0 Å². The number of benzene rings is 1. The summed E-state index contributed by atoms with van der Waals surface area (Å²) < 4.78 is 23.0. The molecule has 148 valence electrons. The van der Waals surface area contributed by atoms with E-state index in [2.05, 4.69) is 50.5 Å². The molecule has 0 bridgehead atoms. The van der Waals surface area contributed by atoms with Gasteiger partial charge in [-0.15, -0.1) is 0 Å². The van der Waals surface area contributed by atoms with Crippen LogP contribution in [0.3, 0.4) is 0 Å². The highest BCUT2D eigenvalue weighted by molar-refractivity contribution is 7.91. The summed E-state index contributed by atoms with van der Waals surface area (Å²) >= 11 is 0. The van der Waals surface area contributed by atoms with Crippen LogP contribution in [0.1, 0.15) is 18.4 Å². The molecule has 2 saturated heterocycles. The molecule has 2 aliphatic heterocycles. The number of nitrogens with zero attached hydrogens (tertiary/aromatic N) is 3. The van der Waals surface area contributed by atoms with Gasteiger partial charge in [-0.05, 0) is 18.4 Å². The van der Waals surface area contributed by atoms with Crippen molar-refractivity contribution in [3.8, 4) is 0 Å². The number of hydrogen-bond donors (Lipinski definition) is 1. The summed E-state index contributed by atoms with van der Waals surface area (Å²) in [5.74, 6) is 1.51.